The van der Waals surface area contributed by atoms with Gasteiger partial charge in [-0.15, -0.1) is 0 Å². The molecule has 0 aliphatic carbocycles. The van der Waals surface area contributed by atoms with Gasteiger partial charge in [-0.05, 0) is 31.5 Å². The van der Waals surface area contributed by atoms with Crippen molar-refractivity contribution in [1.29, 1.82) is 0 Å². The highest BCUT2D eigenvalue weighted by molar-refractivity contribution is 6.00. The third-order valence-electron chi connectivity index (χ3n) is 4.10. The summed E-state index contributed by atoms with van der Waals surface area (Å²) < 4.78 is 11.3. The number of aryl methyl sites for hydroxylation is 2. The van der Waals surface area contributed by atoms with Crippen LogP contribution in [0.4, 0.5) is 11.6 Å². The Bertz CT molecular complexity index is 1090. The van der Waals surface area contributed by atoms with Gasteiger partial charge in [-0.25, -0.2) is 4.79 Å². The number of hydrogen-bond acceptors (Lipinski definition) is 4. The summed E-state index contributed by atoms with van der Waals surface area (Å²) in [6.07, 6.45) is 0. The third-order valence-corrected chi connectivity index (χ3v) is 4.10. The van der Waals surface area contributed by atoms with E-state index in [2.05, 4.69) is 5.32 Å². The number of rotatable bonds is 3. The predicted molar refractivity (Wildman–Crippen MR) is 99.4 cm³/mol. The summed E-state index contributed by atoms with van der Waals surface area (Å²) in [4.78, 5) is 12.5. The van der Waals surface area contributed by atoms with Crippen LogP contribution in [0.2, 0.25) is 0 Å². The molecule has 0 aliphatic heterocycles. The van der Waals surface area contributed by atoms with Gasteiger partial charge in [0.25, 0.3) is 0 Å². The average Bonchev–Trinajstić information content (AvgIpc) is 2.94. The lowest BCUT2D eigenvalue weighted by atomic mass is 10.0. The first-order chi connectivity index (χ1) is 12.1. The third kappa shape index (κ3) is 2.83. The van der Waals surface area contributed by atoms with Gasteiger partial charge in [0.15, 0.2) is 0 Å². The SMILES string of the molecule is Cc1ccc(-c2c(Nc3ccccc3)oc3cc(C)oc(=O)c23)cc1. The van der Waals surface area contributed by atoms with Gasteiger partial charge in [-0.3, -0.25) is 0 Å². The van der Waals surface area contributed by atoms with E-state index in [0.717, 1.165) is 16.8 Å². The molecule has 25 heavy (non-hydrogen) atoms. The minimum Gasteiger partial charge on any atom is -0.439 e. The van der Waals surface area contributed by atoms with E-state index in [1.807, 2.05) is 61.5 Å². The molecule has 2 aromatic carbocycles. The van der Waals surface area contributed by atoms with Gasteiger partial charge < -0.3 is 14.2 Å². The fraction of sp³-hybridized carbons (Fsp3) is 0.0952. The molecule has 0 bridgehead atoms. The maximum atomic E-state index is 12.5. The molecule has 1 N–H and O–H groups in total. The van der Waals surface area contributed by atoms with Crippen LogP contribution in [-0.4, -0.2) is 0 Å². The molecule has 2 aromatic heterocycles. The molecule has 0 unspecified atom stereocenters. The second-order valence-electron chi connectivity index (χ2n) is 6.05. The summed E-state index contributed by atoms with van der Waals surface area (Å²) in [6, 6.07) is 19.4. The molecule has 0 saturated heterocycles. The fourth-order valence-electron chi connectivity index (χ4n) is 2.90. The Balaban J connectivity index is 1.97. The molecule has 0 amide bonds. The zero-order valence-corrected chi connectivity index (χ0v) is 14.0. The number of para-hydroxylation sites is 1. The molecule has 2 heterocycles. The van der Waals surface area contributed by atoms with E-state index in [4.69, 9.17) is 8.83 Å². The Hall–Kier alpha value is -3.27. The molecule has 4 aromatic rings. The quantitative estimate of drug-likeness (QED) is 0.545. The zero-order chi connectivity index (χ0) is 17.4. The number of nitrogens with one attached hydrogen (secondary N) is 1. The van der Waals surface area contributed by atoms with Crippen LogP contribution in [-0.2, 0) is 0 Å². The van der Waals surface area contributed by atoms with Gasteiger partial charge in [0.05, 0.1) is 5.56 Å². The summed E-state index contributed by atoms with van der Waals surface area (Å²) in [5, 5.41) is 3.73. The number of hydrogen-bond donors (Lipinski definition) is 1. The van der Waals surface area contributed by atoms with Crippen LogP contribution in [0.25, 0.3) is 22.1 Å². The van der Waals surface area contributed by atoms with Crippen molar-refractivity contribution in [3.8, 4) is 11.1 Å². The number of furan rings is 1. The Morgan fingerprint density at radius 2 is 1.60 bits per heavy atom. The van der Waals surface area contributed by atoms with Crippen LogP contribution in [0.5, 0.6) is 0 Å². The Morgan fingerprint density at radius 1 is 0.880 bits per heavy atom. The first-order valence-corrected chi connectivity index (χ1v) is 8.08. The van der Waals surface area contributed by atoms with E-state index in [0.29, 0.717) is 28.2 Å². The molecule has 0 saturated carbocycles. The summed E-state index contributed by atoms with van der Waals surface area (Å²) in [5.41, 5.74) is 3.78. The van der Waals surface area contributed by atoms with E-state index < -0.39 is 5.63 Å². The van der Waals surface area contributed by atoms with Crippen molar-refractivity contribution < 1.29 is 8.83 Å². The Labute approximate surface area is 144 Å². The molecule has 0 fully saturated rings. The Morgan fingerprint density at radius 3 is 2.32 bits per heavy atom. The monoisotopic (exact) mass is 331 g/mol. The largest absolute Gasteiger partial charge is 0.439 e. The number of benzene rings is 2. The molecule has 4 heteroatoms. The topological polar surface area (TPSA) is 55.4 Å². The van der Waals surface area contributed by atoms with Crippen LogP contribution < -0.4 is 10.9 Å². The molecule has 4 nitrogen and oxygen atoms in total. The molecule has 0 spiro atoms. The average molecular weight is 331 g/mol. The minimum atomic E-state index is -0.393. The number of anilines is 2. The summed E-state index contributed by atoms with van der Waals surface area (Å²) in [6.45, 7) is 3.76. The first-order valence-electron chi connectivity index (χ1n) is 8.08. The van der Waals surface area contributed by atoms with Gasteiger partial charge >= 0.3 is 5.63 Å². The second kappa shape index (κ2) is 5.98. The molecule has 0 atom stereocenters. The van der Waals surface area contributed by atoms with Crippen LogP contribution >= 0.6 is 0 Å². The highest BCUT2D eigenvalue weighted by Crippen LogP contribution is 2.38. The zero-order valence-electron chi connectivity index (χ0n) is 14.0. The van der Waals surface area contributed by atoms with Gasteiger partial charge in [0.2, 0.25) is 5.88 Å². The summed E-state index contributed by atoms with van der Waals surface area (Å²) in [7, 11) is 0. The maximum absolute atomic E-state index is 12.5. The lowest BCUT2D eigenvalue weighted by molar-refractivity contribution is 0.485. The van der Waals surface area contributed by atoms with Crippen molar-refractivity contribution in [2.24, 2.45) is 0 Å². The number of fused-ring (bicyclic) bond motifs is 1. The van der Waals surface area contributed by atoms with E-state index in [1.54, 1.807) is 13.0 Å². The van der Waals surface area contributed by atoms with Gasteiger partial charge in [0, 0.05) is 11.8 Å². The van der Waals surface area contributed by atoms with Crippen LogP contribution in [0.3, 0.4) is 0 Å². The Kier molecular flexibility index (Phi) is 3.65. The second-order valence-corrected chi connectivity index (χ2v) is 6.05. The van der Waals surface area contributed by atoms with Crippen molar-refractivity contribution in [2.45, 2.75) is 13.8 Å². The van der Waals surface area contributed by atoms with Crippen molar-refractivity contribution >= 4 is 22.5 Å². The van der Waals surface area contributed by atoms with E-state index in [-0.39, 0.29) is 0 Å². The highest BCUT2D eigenvalue weighted by atomic mass is 16.4. The molecule has 124 valence electrons. The predicted octanol–water partition coefficient (Wildman–Crippen LogP) is 5.41. The molecule has 0 radical (unpaired) electrons. The standard InChI is InChI=1S/C21H17NO3/c1-13-8-10-15(11-9-13)18-19-17(12-14(2)24-21(19)23)25-20(18)22-16-6-4-3-5-7-16/h3-12,22H,1-2H3. The van der Waals surface area contributed by atoms with Crippen LogP contribution in [0.15, 0.2) is 74.3 Å². The smallest absolute Gasteiger partial charge is 0.347 e. The van der Waals surface area contributed by atoms with Crippen LogP contribution in [0, 0.1) is 13.8 Å². The summed E-state index contributed by atoms with van der Waals surface area (Å²) in [5.74, 6) is 1.05. The van der Waals surface area contributed by atoms with Crippen LogP contribution in [0.1, 0.15) is 11.3 Å². The molecular weight excluding hydrogens is 314 g/mol. The highest BCUT2D eigenvalue weighted by Gasteiger charge is 2.20. The normalized spacial score (nSPS) is 11.0. The minimum absolute atomic E-state index is 0.393. The molecule has 0 aliphatic rings. The van der Waals surface area contributed by atoms with Crippen molar-refractivity contribution in [1.82, 2.24) is 0 Å². The van der Waals surface area contributed by atoms with Gasteiger partial charge in [0.1, 0.15) is 16.7 Å². The first kappa shape index (κ1) is 15.3. The van der Waals surface area contributed by atoms with E-state index in [1.165, 1.54) is 0 Å². The summed E-state index contributed by atoms with van der Waals surface area (Å²) >= 11 is 0. The molecule has 4 rings (SSSR count). The molecular formula is C21H17NO3. The van der Waals surface area contributed by atoms with E-state index in [9.17, 15) is 4.79 Å². The maximum Gasteiger partial charge on any atom is 0.347 e. The van der Waals surface area contributed by atoms with Crippen molar-refractivity contribution in [2.75, 3.05) is 5.32 Å². The van der Waals surface area contributed by atoms with Gasteiger partial charge in [-0.1, -0.05) is 48.0 Å². The lowest BCUT2D eigenvalue weighted by Crippen LogP contribution is -2.00. The lowest BCUT2D eigenvalue weighted by Gasteiger charge is -2.06. The fourth-order valence-corrected chi connectivity index (χ4v) is 2.90. The van der Waals surface area contributed by atoms with Crippen molar-refractivity contribution in [3.05, 3.63) is 82.4 Å². The van der Waals surface area contributed by atoms with Gasteiger partial charge in [-0.2, -0.15) is 0 Å². The van der Waals surface area contributed by atoms with E-state index >= 15 is 0 Å². The van der Waals surface area contributed by atoms with Crippen molar-refractivity contribution in [3.63, 3.8) is 0 Å².